The topological polar surface area (TPSA) is 28.2 Å². The van der Waals surface area contributed by atoms with E-state index in [1.165, 1.54) is 36.9 Å². The second kappa shape index (κ2) is 5.50. The van der Waals surface area contributed by atoms with Gasteiger partial charge < -0.3 is 10.2 Å². The Morgan fingerprint density at radius 3 is 2.76 bits per heavy atom. The molecule has 1 aromatic heterocycles. The van der Waals surface area contributed by atoms with E-state index in [1.807, 2.05) is 13.2 Å². The fourth-order valence-electron chi connectivity index (χ4n) is 2.72. The van der Waals surface area contributed by atoms with Crippen LogP contribution in [0.25, 0.3) is 0 Å². The predicted octanol–water partition coefficient (Wildman–Crippen LogP) is 2.49. The standard InChI is InChI=1S/C14H23N3/c1-11-8-14(12(9-15-2)10-16-11)17(3)13-6-4-5-7-13/h8,10,13,15H,4-7,9H2,1-3H3. The van der Waals surface area contributed by atoms with Crippen molar-refractivity contribution in [3.05, 3.63) is 23.5 Å². The fraction of sp³-hybridized carbons (Fsp3) is 0.643. The molecular formula is C14H23N3. The van der Waals surface area contributed by atoms with Crippen molar-refractivity contribution in [2.24, 2.45) is 0 Å². The quantitative estimate of drug-likeness (QED) is 0.866. The molecule has 1 N–H and O–H groups in total. The molecule has 0 aliphatic heterocycles. The van der Waals surface area contributed by atoms with Gasteiger partial charge in [-0.25, -0.2) is 0 Å². The van der Waals surface area contributed by atoms with Gasteiger partial charge >= 0.3 is 0 Å². The highest BCUT2D eigenvalue weighted by Gasteiger charge is 2.21. The lowest BCUT2D eigenvalue weighted by Crippen LogP contribution is -2.30. The van der Waals surface area contributed by atoms with Crippen LogP contribution in [0.4, 0.5) is 5.69 Å². The zero-order chi connectivity index (χ0) is 12.3. The molecule has 1 saturated carbocycles. The number of rotatable bonds is 4. The molecule has 17 heavy (non-hydrogen) atoms. The van der Waals surface area contributed by atoms with Crippen molar-refractivity contribution in [2.75, 3.05) is 19.0 Å². The third-order valence-electron chi connectivity index (χ3n) is 3.72. The molecule has 0 amide bonds. The van der Waals surface area contributed by atoms with Gasteiger partial charge in [0.15, 0.2) is 0 Å². The monoisotopic (exact) mass is 233 g/mol. The van der Waals surface area contributed by atoms with Crippen LogP contribution in [0, 0.1) is 6.92 Å². The van der Waals surface area contributed by atoms with E-state index in [2.05, 4.69) is 35.2 Å². The maximum atomic E-state index is 4.40. The number of aromatic nitrogens is 1. The number of pyridine rings is 1. The molecule has 1 heterocycles. The first kappa shape index (κ1) is 12.4. The molecule has 1 fully saturated rings. The minimum absolute atomic E-state index is 0.715. The Morgan fingerprint density at radius 2 is 2.12 bits per heavy atom. The van der Waals surface area contributed by atoms with Gasteiger partial charge in [-0.2, -0.15) is 0 Å². The van der Waals surface area contributed by atoms with Gasteiger partial charge in [-0.1, -0.05) is 12.8 Å². The Balaban J connectivity index is 2.24. The van der Waals surface area contributed by atoms with E-state index in [0.717, 1.165) is 12.2 Å². The van der Waals surface area contributed by atoms with E-state index < -0.39 is 0 Å². The van der Waals surface area contributed by atoms with Gasteiger partial charge in [-0.05, 0) is 32.9 Å². The Bertz CT molecular complexity index is 370. The second-order valence-corrected chi connectivity index (χ2v) is 5.03. The number of hydrogen-bond donors (Lipinski definition) is 1. The maximum Gasteiger partial charge on any atom is 0.0445 e. The molecule has 0 bridgehead atoms. The van der Waals surface area contributed by atoms with Crippen molar-refractivity contribution in [2.45, 2.75) is 45.2 Å². The van der Waals surface area contributed by atoms with Crippen LogP contribution in [0.5, 0.6) is 0 Å². The zero-order valence-electron chi connectivity index (χ0n) is 11.2. The summed E-state index contributed by atoms with van der Waals surface area (Å²) in [5, 5.41) is 3.22. The predicted molar refractivity (Wildman–Crippen MR) is 72.4 cm³/mol. The molecule has 0 aromatic carbocycles. The Hall–Kier alpha value is -1.09. The van der Waals surface area contributed by atoms with E-state index in [4.69, 9.17) is 0 Å². The van der Waals surface area contributed by atoms with Crippen LogP contribution in [-0.2, 0) is 6.54 Å². The van der Waals surface area contributed by atoms with Crippen molar-refractivity contribution in [3.63, 3.8) is 0 Å². The van der Waals surface area contributed by atoms with Crippen LogP contribution in [0.2, 0.25) is 0 Å². The summed E-state index contributed by atoms with van der Waals surface area (Å²) in [6, 6.07) is 2.93. The highest BCUT2D eigenvalue weighted by atomic mass is 15.1. The largest absolute Gasteiger partial charge is 0.371 e. The van der Waals surface area contributed by atoms with E-state index in [9.17, 15) is 0 Å². The number of hydrogen-bond acceptors (Lipinski definition) is 3. The average molecular weight is 233 g/mol. The summed E-state index contributed by atoms with van der Waals surface area (Å²) in [4.78, 5) is 6.85. The summed E-state index contributed by atoms with van der Waals surface area (Å²) in [5.74, 6) is 0. The van der Waals surface area contributed by atoms with Crippen molar-refractivity contribution >= 4 is 5.69 Å². The van der Waals surface area contributed by atoms with Crippen molar-refractivity contribution in [1.82, 2.24) is 10.3 Å². The minimum Gasteiger partial charge on any atom is -0.371 e. The van der Waals surface area contributed by atoms with Crippen molar-refractivity contribution in [3.8, 4) is 0 Å². The molecule has 0 spiro atoms. The van der Waals surface area contributed by atoms with Gasteiger partial charge in [-0.3, -0.25) is 4.98 Å². The van der Waals surface area contributed by atoms with Gasteiger partial charge in [0.05, 0.1) is 0 Å². The van der Waals surface area contributed by atoms with Crippen molar-refractivity contribution < 1.29 is 0 Å². The Labute approximate surface area is 104 Å². The number of anilines is 1. The maximum absolute atomic E-state index is 4.40. The number of nitrogens with zero attached hydrogens (tertiary/aromatic N) is 2. The van der Waals surface area contributed by atoms with Gasteiger partial charge in [0.1, 0.15) is 0 Å². The van der Waals surface area contributed by atoms with E-state index in [1.54, 1.807) is 0 Å². The molecule has 1 aliphatic carbocycles. The molecule has 2 rings (SSSR count). The third kappa shape index (κ3) is 2.78. The number of nitrogens with one attached hydrogen (secondary N) is 1. The molecule has 1 aromatic rings. The van der Waals surface area contributed by atoms with Crippen LogP contribution >= 0.6 is 0 Å². The Kier molecular flexibility index (Phi) is 4.00. The SMILES string of the molecule is CNCc1cnc(C)cc1N(C)C1CCCC1. The lowest BCUT2D eigenvalue weighted by molar-refractivity contribution is 0.647. The lowest BCUT2D eigenvalue weighted by atomic mass is 10.1. The molecular weight excluding hydrogens is 210 g/mol. The first-order valence-corrected chi connectivity index (χ1v) is 6.55. The summed E-state index contributed by atoms with van der Waals surface area (Å²) in [6.07, 6.45) is 7.42. The average Bonchev–Trinajstić information content (AvgIpc) is 2.84. The van der Waals surface area contributed by atoms with Crippen molar-refractivity contribution in [1.29, 1.82) is 0 Å². The molecule has 94 valence electrons. The normalized spacial score (nSPS) is 16.4. The summed E-state index contributed by atoms with van der Waals surface area (Å²) < 4.78 is 0. The van der Waals surface area contributed by atoms with Crippen LogP contribution in [0.15, 0.2) is 12.3 Å². The summed E-state index contributed by atoms with van der Waals surface area (Å²) in [6.45, 7) is 2.95. The van der Waals surface area contributed by atoms with Gasteiger partial charge in [0, 0.05) is 42.8 Å². The van der Waals surface area contributed by atoms with E-state index >= 15 is 0 Å². The zero-order valence-corrected chi connectivity index (χ0v) is 11.2. The molecule has 0 saturated heterocycles. The lowest BCUT2D eigenvalue weighted by Gasteiger charge is -2.28. The highest BCUT2D eigenvalue weighted by molar-refractivity contribution is 5.54. The number of aryl methyl sites for hydroxylation is 1. The fourth-order valence-corrected chi connectivity index (χ4v) is 2.72. The molecule has 0 atom stereocenters. The summed E-state index contributed by atoms with van der Waals surface area (Å²) in [5.41, 5.74) is 3.75. The van der Waals surface area contributed by atoms with Crippen LogP contribution in [-0.4, -0.2) is 25.1 Å². The smallest absolute Gasteiger partial charge is 0.0445 e. The second-order valence-electron chi connectivity index (χ2n) is 5.03. The van der Waals surface area contributed by atoms with Crippen LogP contribution in [0.1, 0.15) is 36.9 Å². The minimum atomic E-state index is 0.715. The highest BCUT2D eigenvalue weighted by Crippen LogP contribution is 2.29. The molecule has 3 heteroatoms. The van der Waals surface area contributed by atoms with Gasteiger partial charge in [0.25, 0.3) is 0 Å². The van der Waals surface area contributed by atoms with Gasteiger partial charge in [-0.15, -0.1) is 0 Å². The molecule has 0 radical (unpaired) electrons. The summed E-state index contributed by atoms with van der Waals surface area (Å²) in [7, 11) is 4.21. The first-order chi connectivity index (χ1) is 8.22. The Morgan fingerprint density at radius 1 is 1.41 bits per heavy atom. The molecule has 0 unspecified atom stereocenters. The van der Waals surface area contributed by atoms with E-state index in [0.29, 0.717) is 6.04 Å². The van der Waals surface area contributed by atoms with Crippen LogP contribution in [0.3, 0.4) is 0 Å². The van der Waals surface area contributed by atoms with Crippen LogP contribution < -0.4 is 10.2 Å². The molecule has 1 aliphatic rings. The van der Waals surface area contributed by atoms with E-state index in [-0.39, 0.29) is 0 Å². The first-order valence-electron chi connectivity index (χ1n) is 6.55. The third-order valence-corrected chi connectivity index (χ3v) is 3.72. The summed E-state index contributed by atoms with van der Waals surface area (Å²) >= 11 is 0. The molecule has 3 nitrogen and oxygen atoms in total. The van der Waals surface area contributed by atoms with Gasteiger partial charge in [0.2, 0.25) is 0 Å².